The van der Waals surface area contributed by atoms with Crippen LogP contribution in [0.4, 0.5) is 17.1 Å². The van der Waals surface area contributed by atoms with Crippen molar-refractivity contribution in [2.45, 2.75) is 19.9 Å². The van der Waals surface area contributed by atoms with Crippen LogP contribution in [0.15, 0.2) is 98.9 Å². The number of hydrogen-bond acceptors (Lipinski definition) is 7. The predicted octanol–water partition coefficient (Wildman–Crippen LogP) is 6.15. The maximum atomic E-state index is 12.9. The first kappa shape index (κ1) is 25.1. The molecule has 0 bridgehead atoms. The lowest BCUT2D eigenvalue weighted by Gasteiger charge is -2.14. The van der Waals surface area contributed by atoms with E-state index in [9.17, 15) is 15.2 Å². The van der Waals surface area contributed by atoms with Crippen molar-refractivity contribution < 1.29 is 9.84 Å². The quantitative estimate of drug-likeness (QED) is 0.235. The van der Waals surface area contributed by atoms with Crippen molar-refractivity contribution in [3.05, 3.63) is 111 Å². The highest BCUT2D eigenvalue weighted by Crippen LogP contribution is 2.24. The average Bonchev–Trinajstić information content (AvgIpc) is 2.93. The summed E-state index contributed by atoms with van der Waals surface area (Å²) in [4.78, 5) is 17.3. The molecule has 8 heteroatoms. The first-order chi connectivity index (χ1) is 18.0. The number of azo groups is 1. The number of rotatable bonds is 8. The third-order valence-corrected chi connectivity index (χ3v) is 5.86. The molecule has 0 atom stereocenters. The molecule has 0 spiro atoms. The molecule has 1 heterocycles. The SMILES string of the molecule is COc1ccc(CCn2c(O)c(C=Nc3ccc(N=Nc4ccccc4)cc3)c(C)c(C#N)c2=O)cc1. The zero-order valence-electron chi connectivity index (χ0n) is 20.5. The molecule has 1 aromatic heterocycles. The Morgan fingerprint density at radius 1 is 0.946 bits per heavy atom. The third kappa shape index (κ3) is 5.97. The van der Waals surface area contributed by atoms with Gasteiger partial charge < -0.3 is 9.84 Å². The molecule has 0 saturated heterocycles. The van der Waals surface area contributed by atoms with Crippen molar-refractivity contribution in [3.8, 4) is 17.7 Å². The van der Waals surface area contributed by atoms with Crippen molar-refractivity contribution in [1.82, 2.24) is 4.57 Å². The standard InChI is InChI=1S/C29H25N5O3/c1-20-26(18-30)28(35)34(17-16-21-8-14-25(37-2)15-9-21)29(36)27(20)19-31-22-10-12-24(13-11-22)33-32-23-6-4-3-5-7-23/h3-15,19,36H,16-17H2,1-2H3. The van der Waals surface area contributed by atoms with Gasteiger partial charge in [-0.05, 0) is 73.0 Å². The molecule has 4 rings (SSSR count). The molecule has 0 saturated carbocycles. The Balaban J connectivity index is 1.56. The highest BCUT2D eigenvalue weighted by molar-refractivity contribution is 5.87. The van der Waals surface area contributed by atoms with Crippen LogP contribution in [0, 0.1) is 18.3 Å². The van der Waals surface area contributed by atoms with Gasteiger partial charge >= 0.3 is 0 Å². The summed E-state index contributed by atoms with van der Waals surface area (Å²) in [6.45, 7) is 1.83. The molecule has 0 radical (unpaired) electrons. The molecular formula is C29H25N5O3. The number of aromatic nitrogens is 1. The number of aliphatic imine (C=N–C) groups is 1. The molecule has 4 aromatic rings. The van der Waals surface area contributed by atoms with Crippen LogP contribution >= 0.6 is 0 Å². The first-order valence-electron chi connectivity index (χ1n) is 11.6. The summed E-state index contributed by atoms with van der Waals surface area (Å²) in [5.41, 5.74) is 3.15. The van der Waals surface area contributed by atoms with E-state index in [-0.39, 0.29) is 18.0 Å². The fourth-order valence-corrected chi connectivity index (χ4v) is 3.72. The Labute approximate surface area is 214 Å². The molecule has 184 valence electrons. The van der Waals surface area contributed by atoms with Crippen molar-refractivity contribution in [2.24, 2.45) is 15.2 Å². The second-order valence-corrected chi connectivity index (χ2v) is 8.21. The molecule has 0 aliphatic carbocycles. The largest absolute Gasteiger partial charge is 0.497 e. The number of methoxy groups -OCH3 is 1. The minimum absolute atomic E-state index is 0.0225. The molecule has 8 nitrogen and oxygen atoms in total. The number of nitrogens with zero attached hydrogens (tertiary/aromatic N) is 5. The zero-order chi connectivity index (χ0) is 26.2. The van der Waals surface area contributed by atoms with Gasteiger partial charge in [0.2, 0.25) is 5.88 Å². The number of nitriles is 1. The van der Waals surface area contributed by atoms with Gasteiger partial charge in [0.15, 0.2) is 0 Å². The van der Waals surface area contributed by atoms with Gasteiger partial charge in [-0.25, -0.2) is 0 Å². The summed E-state index contributed by atoms with van der Waals surface area (Å²) in [6, 6.07) is 26.0. The second-order valence-electron chi connectivity index (χ2n) is 8.21. The Morgan fingerprint density at radius 3 is 2.19 bits per heavy atom. The van der Waals surface area contributed by atoms with Crippen LogP contribution in [0.5, 0.6) is 11.6 Å². The van der Waals surface area contributed by atoms with E-state index in [4.69, 9.17) is 4.74 Å². The summed E-state index contributed by atoms with van der Waals surface area (Å²) < 4.78 is 6.39. The topological polar surface area (TPSA) is 112 Å². The molecule has 0 aliphatic rings. The van der Waals surface area contributed by atoms with Gasteiger partial charge in [-0.2, -0.15) is 15.5 Å². The number of pyridine rings is 1. The van der Waals surface area contributed by atoms with Crippen molar-refractivity contribution in [2.75, 3.05) is 7.11 Å². The highest BCUT2D eigenvalue weighted by atomic mass is 16.5. The first-order valence-corrected chi connectivity index (χ1v) is 11.6. The van der Waals surface area contributed by atoms with Crippen LogP contribution in [-0.4, -0.2) is 23.0 Å². The zero-order valence-corrected chi connectivity index (χ0v) is 20.5. The Bertz CT molecular complexity index is 1530. The maximum Gasteiger partial charge on any atom is 0.271 e. The molecule has 0 aliphatic heterocycles. The monoisotopic (exact) mass is 491 g/mol. The fraction of sp³-hybridized carbons (Fsp3) is 0.138. The molecule has 0 unspecified atom stereocenters. The van der Waals surface area contributed by atoms with Gasteiger partial charge in [0.05, 0.1) is 29.7 Å². The van der Waals surface area contributed by atoms with Gasteiger partial charge in [-0.1, -0.05) is 30.3 Å². The predicted molar refractivity (Wildman–Crippen MR) is 143 cm³/mol. The summed E-state index contributed by atoms with van der Waals surface area (Å²) >= 11 is 0. The van der Waals surface area contributed by atoms with Crippen LogP contribution in [0.25, 0.3) is 0 Å². The van der Waals surface area contributed by atoms with Crippen LogP contribution in [0.1, 0.15) is 22.3 Å². The summed E-state index contributed by atoms with van der Waals surface area (Å²) in [6.07, 6.45) is 1.95. The van der Waals surface area contributed by atoms with E-state index < -0.39 is 5.56 Å². The van der Waals surface area contributed by atoms with Crippen molar-refractivity contribution >= 4 is 23.3 Å². The van der Waals surface area contributed by atoms with Crippen LogP contribution < -0.4 is 10.3 Å². The molecule has 0 amide bonds. The van der Waals surface area contributed by atoms with E-state index in [0.717, 1.165) is 17.0 Å². The number of hydrogen-bond donors (Lipinski definition) is 1. The number of aryl methyl sites for hydroxylation is 1. The molecule has 37 heavy (non-hydrogen) atoms. The third-order valence-electron chi connectivity index (χ3n) is 5.86. The van der Waals surface area contributed by atoms with E-state index in [2.05, 4.69) is 15.2 Å². The van der Waals surface area contributed by atoms with E-state index in [1.807, 2.05) is 60.7 Å². The average molecular weight is 492 g/mol. The van der Waals surface area contributed by atoms with E-state index in [0.29, 0.717) is 28.9 Å². The lowest BCUT2D eigenvalue weighted by Crippen LogP contribution is -2.26. The highest BCUT2D eigenvalue weighted by Gasteiger charge is 2.18. The number of benzene rings is 3. The number of aromatic hydroxyl groups is 1. The Hall–Kier alpha value is -5.03. The van der Waals surface area contributed by atoms with Crippen LogP contribution in [0.3, 0.4) is 0 Å². The van der Waals surface area contributed by atoms with Gasteiger partial charge in [-0.3, -0.25) is 14.4 Å². The van der Waals surface area contributed by atoms with Gasteiger partial charge in [0.1, 0.15) is 17.4 Å². The minimum atomic E-state index is -0.531. The van der Waals surface area contributed by atoms with Gasteiger partial charge in [0, 0.05) is 12.8 Å². The summed E-state index contributed by atoms with van der Waals surface area (Å²) in [7, 11) is 1.59. The molecular weight excluding hydrogens is 466 g/mol. The smallest absolute Gasteiger partial charge is 0.271 e. The van der Waals surface area contributed by atoms with Gasteiger partial charge in [0.25, 0.3) is 5.56 Å². The molecule has 3 aromatic carbocycles. The lowest BCUT2D eigenvalue weighted by atomic mass is 10.1. The van der Waals surface area contributed by atoms with Gasteiger partial charge in [-0.15, -0.1) is 0 Å². The summed E-state index contributed by atoms with van der Waals surface area (Å²) in [5, 5.41) is 29.0. The normalized spacial score (nSPS) is 11.2. The van der Waals surface area contributed by atoms with Crippen LogP contribution in [-0.2, 0) is 13.0 Å². The molecule has 0 fully saturated rings. The van der Waals surface area contributed by atoms with E-state index in [1.54, 1.807) is 38.3 Å². The number of ether oxygens (including phenoxy) is 1. The molecule has 1 N–H and O–H groups in total. The van der Waals surface area contributed by atoms with E-state index >= 15 is 0 Å². The Kier molecular flexibility index (Phi) is 7.86. The van der Waals surface area contributed by atoms with E-state index in [1.165, 1.54) is 10.8 Å². The van der Waals surface area contributed by atoms with Crippen LogP contribution in [0.2, 0.25) is 0 Å². The Morgan fingerprint density at radius 2 is 1.57 bits per heavy atom. The summed E-state index contributed by atoms with van der Waals surface area (Å²) in [5.74, 6) is 0.503. The lowest BCUT2D eigenvalue weighted by molar-refractivity contribution is 0.404. The van der Waals surface area contributed by atoms with Crippen molar-refractivity contribution in [3.63, 3.8) is 0 Å². The van der Waals surface area contributed by atoms with Crippen molar-refractivity contribution in [1.29, 1.82) is 5.26 Å². The fourth-order valence-electron chi connectivity index (χ4n) is 3.72. The second kappa shape index (κ2) is 11.6. The maximum absolute atomic E-state index is 12.9. The minimum Gasteiger partial charge on any atom is -0.497 e.